The highest BCUT2D eigenvalue weighted by atomic mass is 79.9. The summed E-state index contributed by atoms with van der Waals surface area (Å²) in [4.78, 5) is -0.268. The molecule has 19 heavy (non-hydrogen) atoms. The molecule has 0 aromatic heterocycles. The number of hydrogen-bond donors (Lipinski definition) is 2. The van der Waals surface area contributed by atoms with Crippen LogP contribution in [0.15, 0.2) is 27.6 Å². The first kappa shape index (κ1) is 16.3. The number of anilines is 1. The summed E-state index contributed by atoms with van der Waals surface area (Å²) in [5, 5.41) is 8.79. The van der Waals surface area contributed by atoms with Gasteiger partial charge in [-0.1, -0.05) is 15.9 Å². The Hall–Kier alpha value is -0.770. The quantitative estimate of drug-likeness (QED) is 0.750. The molecule has 0 radical (unpaired) electrons. The number of aliphatic hydroxyl groups is 1. The number of sulfonamides is 1. The summed E-state index contributed by atoms with van der Waals surface area (Å²) < 4.78 is 50.2. The predicted octanol–water partition coefficient (Wildman–Crippen LogP) is 1.28. The third-order valence-electron chi connectivity index (χ3n) is 2.28. The molecule has 108 valence electrons. The summed E-state index contributed by atoms with van der Waals surface area (Å²) in [5.74, 6) is 0. The molecule has 3 N–H and O–H groups in total. The highest BCUT2D eigenvalue weighted by Gasteiger charge is 2.28. The van der Waals surface area contributed by atoms with Gasteiger partial charge in [0.25, 0.3) is 6.43 Å². The Labute approximate surface area is 118 Å². The second-order valence-electron chi connectivity index (χ2n) is 3.66. The summed E-state index contributed by atoms with van der Waals surface area (Å²) in [6.07, 6.45) is -2.84. The van der Waals surface area contributed by atoms with Crippen LogP contribution in [0.1, 0.15) is 0 Å². The predicted molar refractivity (Wildman–Crippen MR) is 70.4 cm³/mol. The van der Waals surface area contributed by atoms with Crippen LogP contribution in [0.3, 0.4) is 0 Å². The minimum atomic E-state index is -4.17. The Morgan fingerprint density at radius 3 is 2.58 bits per heavy atom. The molecule has 0 bridgehead atoms. The number of benzene rings is 1. The molecule has 0 saturated heterocycles. The maximum Gasteiger partial charge on any atom is 0.252 e. The third-order valence-corrected chi connectivity index (χ3v) is 4.70. The molecule has 0 amide bonds. The van der Waals surface area contributed by atoms with Gasteiger partial charge in [-0.15, -0.1) is 0 Å². The molecule has 0 spiro atoms. The van der Waals surface area contributed by atoms with Crippen molar-refractivity contribution in [3.05, 3.63) is 22.7 Å². The number of nitrogens with zero attached hydrogens (tertiary/aromatic N) is 1. The lowest BCUT2D eigenvalue weighted by Crippen LogP contribution is -2.37. The summed E-state index contributed by atoms with van der Waals surface area (Å²) >= 11 is 3.09. The second kappa shape index (κ2) is 6.60. The first-order valence-corrected chi connectivity index (χ1v) is 7.46. The normalized spacial score (nSPS) is 12.3. The second-order valence-corrected chi connectivity index (χ2v) is 6.48. The zero-order valence-electron chi connectivity index (χ0n) is 9.76. The number of hydrogen-bond acceptors (Lipinski definition) is 4. The van der Waals surface area contributed by atoms with Crippen LogP contribution in [0.2, 0.25) is 0 Å². The maximum atomic E-state index is 12.4. The Bertz CT molecular complexity index is 540. The van der Waals surface area contributed by atoms with Gasteiger partial charge in [0.05, 0.1) is 18.8 Å². The van der Waals surface area contributed by atoms with E-state index in [-0.39, 0.29) is 10.6 Å². The lowest BCUT2D eigenvalue weighted by Gasteiger charge is -2.21. The number of alkyl halides is 2. The Morgan fingerprint density at radius 1 is 1.42 bits per heavy atom. The van der Waals surface area contributed by atoms with Gasteiger partial charge >= 0.3 is 0 Å². The number of halogens is 3. The molecule has 0 aliphatic rings. The van der Waals surface area contributed by atoms with E-state index < -0.39 is 36.1 Å². The molecule has 0 saturated carbocycles. The van der Waals surface area contributed by atoms with Crippen LogP contribution in [0.4, 0.5) is 14.5 Å². The minimum Gasteiger partial charge on any atom is -0.398 e. The fourth-order valence-electron chi connectivity index (χ4n) is 1.45. The first-order valence-electron chi connectivity index (χ1n) is 5.23. The van der Waals surface area contributed by atoms with Gasteiger partial charge in [0, 0.05) is 11.0 Å². The molecular weight excluding hydrogens is 346 g/mol. The number of nitrogens with two attached hydrogens (primary N) is 1. The third kappa shape index (κ3) is 4.10. The summed E-state index contributed by atoms with van der Waals surface area (Å²) in [6.45, 7) is -1.96. The van der Waals surface area contributed by atoms with Crippen molar-refractivity contribution in [2.24, 2.45) is 0 Å². The van der Waals surface area contributed by atoms with Crippen molar-refractivity contribution in [1.29, 1.82) is 0 Å². The molecule has 0 aliphatic heterocycles. The Kier molecular flexibility index (Phi) is 5.65. The van der Waals surface area contributed by atoms with Crippen molar-refractivity contribution in [3.63, 3.8) is 0 Å². The van der Waals surface area contributed by atoms with Gasteiger partial charge in [-0.05, 0) is 18.2 Å². The summed E-state index contributed by atoms with van der Waals surface area (Å²) in [6, 6.07) is 4.13. The largest absolute Gasteiger partial charge is 0.398 e. The number of rotatable bonds is 6. The molecule has 0 fully saturated rings. The summed E-state index contributed by atoms with van der Waals surface area (Å²) in [5.41, 5.74) is 5.52. The van der Waals surface area contributed by atoms with Gasteiger partial charge in [-0.3, -0.25) is 0 Å². The fourth-order valence-corrected chi connectivity index (χ4v) is 3.51. The smallest absolute Gasteiger partial charge is 0.252 e. The SMILES string of the molecule is Nc1ccc(Br)cc1S(=O)(=O)N(CCO)CC(F)F. The molecule has 1 aromatic rings. The van der Waals surface area contributed by atoms with E-state index in [2.05, 4.69) is 15.9 Å². The lowest BCUT2D eigenvalue weighted by molar-refractivity contribution is 0.113. The Morgan fingerprint density at radius 2 is 2.05 bits per heavy atom. The average molecular weight is 359 g/mol. The van der Waals surface area contributed by atoms with Crippen LogP contribution in [-0.4, -0.2) is 44.0 Å². The zero-order valence-corrected chi connectivity index (χ0v) is 12.2. The van der Waals surface area contributed by atoms with Gasteiger partial charge < -0.3 is 10.8 Å². The molecule has 0 unspecified atom stereocenters. The zero-order chi connectivity index (χ0) is 14.6. The lowest BCUT2D eigenvalue weighted by atomic mass is 10.3. The minimum absolute atomic E-state index is 0.0413. The molecular formula is C10H13BrF2N2O3S. The van der Waals surface area contributed by atoms with Crippen LogP contribution in [0, 0.1) is 0 Å². The van der Waals surface area contributed by atoms with Gasteiger partial charge in [-0.25, -0.2) is 17.2 Å². The van der Waals surface area contributed by atoms with Crippen LogP contribution in [0.5, 0.6) is 0 Å². The van der Waals surface area contributed by atoms with E-state index in [1.807, 2.05) is 0 Å². The summed E-state index contributed by atoms with van der Waals surface area (Å²) in [7, 11) is -4.17. The molecule has 0 aliphatic carbocycles. The van der Waals surface area contributed by atoms with Gasteiger partial charge in [0.15, 0.2) is 0 Å². The van der Waals surface area contributed by atoms with Crippen molar-refractivity contribution in [3.8, 4) is 0 Å². The van der Waals surface area contributed by atoms with Crippen LogP contribution in [-0.2, 0) is 10.0 Å². The van der Waals surface area contributed by atoms with Crippen LogP contribution >= 0.6 is 15.9 Å². The van der Waals surface area contributed by atoms with E-state index in [1.54, 1.807) is 0 Å². The topological polar surface area (TPSA) is 83.6 Å². The molecule has 5 nitrogen and oxygen atoms in total. The molecule has 1 rings (SSSR count). The van der Waals surface area contributed by atoms with Crippen molar-refractivity contribution in [1.82, 2.24) is 4.31 Å². The van der Waals surface area contributed by atoms with E-state index in [9.17, 15) is 17.2 Å². The van der Waals surface area contributed by atoms with Crippen molar-refractivity contribution in [2.75, 3.05) is 25.4 Å². The number of nitrogen functional groups attached to an aromatic ring is 1. The van der Waals surface area contributed by atoms with E-state index in [4.69, 9.17) is 10.8 Å². The van der Waals surface area contributed by atoms with Crippen molar-refractivity contribution >= 4 is 31.6 Å². The first-order chi connectivity index (χ1) is 8.78. The van der Waals surface area contributed by atoms with E-state index in [0.717, 1.165) is 0 Å². The maximum absolute atomic E-state index is 12.4. The van der Waals surface area contributed by atoms with Gasteiger partial charge in [0.2, 0.25) is 10.0 Å². The molecule has 9 heteroatoms. The van der Waals surface area contributed by atoms with E-state index in [1.165, 1.54) is 18.2 Å². The molecule has 0 heterocycles. The fraction of sp³-hybridized carbons (Fsp3) is 0.400. The van der Waals surface area contributed by atoms with Crippen LogP contribution < -0.4 is 5.73 Å². The van der Waals surface area contributed by atoms with Crippen molar-refractivity contribution in [2.45, 2.75) is 11.3 Å². The highest BCUT2D eigenvalue weighted by Crippen LogP contribution is 2.26. The van der Waals surface area contributed by atoms with Gasteiger partial charge in [-0.2, -0.15) is 4.31 Å². The monoisotopic (exact) mass is 358 g/mol. The molecule has 1 aromatic carbocycles. The number of aliphatic hydroxyl groups excluding tert-OH is 1. The van der Waals surface area contributed by atoms with Crippen molar-refractivity contribution < 1.29 is 22.3 Å². The molecule has 0 atom stereocenters. The average Bonchev–Trinajstić information content (AvgIpc) is 2.31. The van der Waals surface area contributed by atoms with E-state index in [0.29, 0.717) is 8.78 Å². The van der Waals surface area contributed by atoms with E-state index >= 15 is 0 Å². The van der Waals surface area contributed by atoms with Crippen LogP contribution in [0.25, 0.3) is 0 Å². The highest BCUT2D eigenvalue weighted by molar-refractivity contribution is 9.10. The van der Waals surface area contributed by atoms with Gasteiger partial charge in [0.1, 0.15) is 4.90 Å². The Balaban J connectivity index is 3.22. The standard InChI is InChI=1S/C10H13BrF2N2O3S/c11-7-1-2-8(14)9(5-7)19(17,18)15(3-4-16)6-10(12)13/h1-2,5,10,16H,3-4,6,14H2.